The van der Waals surface area contributed by atoms with E-state index in [1.54, 1.807) is 30.1 Å². The molecule has 0 aromatic carbocycles. The van der Waals surface area contributed by atoms with E-state index in [9.17, 15) is 4.79 Å². The fourth-order valence-electron chi connectivity index (χ4n) is 4.07. The van der Waals surface area contributed by atoms with Crippen LogP contribution in [0.2, 0.25) is 0 Å². The average Bonchev–Trinajstić information content (AvgIpc) is 3.55. The Kier molecular flexibility index (Phi) is 5.82. The number of aromatic nitrogens is 4. The average molecular weight is 450 g/mol. The molecule has 10 nitrogen and oxygen atoms in total. The van der Waals surface area contributed by atoms with Crippen molar-refractivity contribution in [2.24, 2.45) is 0 Å². The predicted molar refractivity (Wildman–Crippen MR) is 122 cm³/mol. The topological polar surface area (TPSA) is 107 Å². The first-order chi connectivity index (χ1) is 16.2. The van der Waals surface area contributed by atoms with Gasteiger partial charge in [0.1, 0.15) is 12.3 Å². The zero-order chi connectivity index (χ0) is 22.8. The molecule has 0 aliphatic carbocycles. The van der Waals surface area contributed by atoms with E-state index in [1.807, 2.05) is 18.2 Å². The molecule has 0 radical (unpaired) electrons. The number of anilines is 1. The summed E-state index contributed by atoms with van der Waals surface area (Å²) in [4.78, 5) is 22.5. The second kappa shape index (κ2) is 9.07. The Morgan fingerprint density at radius 3 is 3.00 bits per heavy atom. The number of hydrogen-bond donors (Lipinski definition) is 1. The van der Waals surface area contributed by atoms with Crippen molar-refractivity contribution >= 4 is 28.3 Å². The van der Waals surface area contributed by atoms with Crippen molar-refractivity contribution in [2.75, 3.05) is 38.3 Å². The fourth-order valence-corrected chi connectivity index (χ4v) is 4.07. The number of nitrogens with one attached hydrogen (secondary N) is 1. The van der Waals surface area contributed by atoms with Gasteiger partial charge in [-0.05, 0) is 31.5 Å². The number of pyridine rings is 1. The van der Waals surface area contributed by atoms with Gasteiger partial charge in [0.05, 0.1) is 29.9 Å². The third kappa shape index (κ3) is 4.21. The van der Waals surface area contributed by atoms with E-state index < -0.39 is 0 Å². The van der Waals surface area contributed by atoms with Crippen LogP contribution in [0.25, 0.3) is 28.2 Å². The number of likely N-dealkylation sites (N-methyl/N-ethyl adjacent to an activating group) is 1. The van der Waals surface area contributed by atoms with Gasteiger partial charge in [0.2, 0.25) is 17.5 Å². The molecule has 1 amide bonds. The molecule has 1 fully saturated rings. The van der Waals surface area contributed by atoms with Crippen LogP contribution >= 0.6 is 0 Å². The van der Waals surface area contributed by atoms with Crippen molar-refractivity contribution < 1.29 is 18.7 Å². The molecule has 1 aliphatic rings. The van der Waals surface area contributed by atoms with Crippen LogP contribution in [0.15, 0.2) is 41.1 Å². The van der Waals surface area contributed by atoms with Crippen LogP contribution in [-0.2, 0) is 9.53 Å². The molecule has 1 saturated heterocycles. The van der Waals surface area contributed by atoms with Crippen molar-refractivity contribution in [3.05, 3.63) is 36.7 Å². The van der Waals surface area contributed by atoms with Crippen LogP contribution in [-0.4, -0.2) is 64.9 Å². The predicted octanol–water partition coefficient (Wildman–Crippen LogP) is 2.67. The number of carbonyl (C=O) groups excluding carboxylic acids is 1. The third-order valence-electron chi connectivity index (χ3n) is 5.81. The van der Waals surface area contributed by atoms with E-state index in [1.165, 1.54) is 0 Å². The van der Waals surface area contributed by atoms with E-state index >= 15 is 0 Å². The van der Waals surface area contributed by atoms with Gasteiger partial charge in [0.25, 0.3) is 0 Å². The summed E-state index contributed by atoms with van der Waals surface area (Å²) in [6, 6.07) is 7.59. The molecule has 1 atom stereocenters. The molecule has 1 aliphatic heterocycles. The number of methoxy groups -OCH3 is 1. The van der Waals surface area contributed by atoms with E-state index in [4.69, 9.17) is 13.9 Å². The Morgan fingerprint density at radius 1 is 1.30 bits per heavy atom. The van der Waals surface area contributed by atoms with Gasteiger partial charge in [-0.3, -0.25) is 4.79 Å². The van der Waals surface area contributed by atoms with E-state index in [-0.39, 0.29) is 11.9 Å². The molecule has 5 rings (SSSR count). The van der Waals surface area contributed by atoms with Gasteiger partial charge in [-0.1, -0.05) is 0 Å². The lowest BCUT2D eigenvalue weighted by Crippen LogP contribution is -2.31. The Balaban J connectivity index is 1.45. The molecule has 33 heavy (non-hydrogen) atoms. The van der Waals surface area contributed by atoms with Crippen LogP contribution in [0.4, 0.5) is 5.69 Å². The number of amides is 1. The highest BCUT2D eigenvalue weighted by atomic mass is 16.5. The first kappa shape index (κ1) is 21.2. The van der Waals surface area contributed by atoms with Crippen LogP contribution < -0.4 is 15.0 Å². The second-order valence-electron chi connectivity index (χ2n) is 7.93. The second-order valence-corrected chi connectivity index (χ2v) is 7.93. The molecule has 10 heteroatoms. The number of furan rings is 1. The normalized spacial score (nSPS) is 15.9. The molecule has 5 heterocycles. The molecule has 0 spiro atoms. The van der Waals surface area contributed by atoms with Crippen LogP contribution in [0, 0.1) is 0 Å². The van der Waals surface area contributed by atoms with Crippen molar-refractivity contribution in [3.63, 3.8) is 0 Å². The van der Waals surface area contributed by atoms with Crippen LogP contribution in [0.5, 0.6) is 5.88 Å². The molecule has 0 bridgehead atoms. The number of carbonyl (C=O) groups is 1. The maximum Gasteiger partial charge on any atom is 0.231 e. The smallest absolute Gasteiger partial charge is 0.231 e. The lowest BCUT2D eigenvalue weighted by Gasteiger charge is -2.22. The minimum atomic E-state index is 0.0109. The minimum Gasteiger partial charge on any atom is -0.474 e. The molecule has 1 N–H and O–H groups in total. The Morgan fingerprint density at radius 2 is 2.21 bits per heavy atom. The summed E-state index contributed by atoms with van der Waals surface area (Å²) in [6.45, 7) is 4.72. The van der Waals surface area contributed by atoms with Gasteiger partial charge in [0.15, 0.2) is 11.4 Å². The first-order valence-corrected chi connectivity index (χ1v) is 11.1. The molecule has 4 aromatic heterocycles. The number of ether oxygens (including phenoxy) is 2. The van der Waals surface area contributed by atoms with Crippen molar-refractivity contribution in [2.45, 2.75) is 25.8 Å². The number of fused-ring (bicyclic) bond motifs is 2. The van der Waals surface area contributed by atoms with Gasteiger partial charge in [-0.2, -0.15) is 0 Å². The quantitative estimate of drug-likeness (QED) is 0.415. The summed E-state index contributed by atoms with van der Waals surface area (Å²) in [5, 5.41) is 8.40. The zero-order valence-corrected chi connectivity index (χ0v) is 18.7. The van der Waals surface area contributed by atoms with E-state index in [0.717, 1.165) is 30.6 Å². The number of nitrogens with zero attached hydrogens (tertiary/aromatic N) is 5. The highest BCUT2D eigenvalue weighted by molar-refractivity contribution is 5.91. The summed E-state index contributed by atoms with van der Waals surface area (Å²) >= 11 is 0. The summed E-state index contributed by atoms with van der Waals surface area (Å²) in [6.07, 6.45) is 4.78. The number of imidazole rings is 1. The standard InChI is InChI=1S/C23H26N6O4/c1-3-28(10-11-31-2)17-8-9-24-23-16(17)12-19(33-23)18-13-25-20-5-7-22(27-29(18)20)32-14-15-4-6-21(30)26-15/h5,7-9,12-13,15H,3-4,6,10-11,14H2,1-2H3,(H,26,30)/t15-/m0/s1. The number of hydrogen-bond acceptors (Lipinski definition) is 8. The summed E-state index contributed by atoms with van der Waals surface area (Å²) in [7, 11) is 1.70. The maximum atomic E-state index is 11.4. The Labute approximate surface area is 190 Å². The molecule has 0 unspecified atom stereocenters. The minimum absolute atomic E-state index is 0.0109. The van der Waals surface area contributed by atoms with Gasteiger partial charge in [-0.25, -0.2) is 14.5 Å². The molecule has 4 aromatic rings. The van der Waals surface area contributed by atoms with Gasteiger partial charge < -0.3 is 24.1 Å². The lowest BCUT2D eigenvalue weighted by molar-refractivity contribution is -0.119. The molecule has 172 valence electrons. The van der Waals surface area contributed by atoms with Gasteiger partial charge in [-0.15, -0.1) is 5.10 Å². The molecule has 0 saturated carbocycles. The van der Waals surface area contributed by atoms with Crippen molar-refractivity contribution in [3.8, 4) is 17.3 Å². The highest BCUT2D eigenvalue weighted by Crippen LogP contribution is 2.33. The third-order valence-corrected chi connectivity index (χ3v) is 5.81. The van der Waals surface area contributed by atoms with Gasteiger partial charge in [0, 0.05) is 38.9 Å². The van der Waals surface area contributed by atoms with Gasteiger partial charge >= 0.3 is 0 Å². The first-order valence-electron chi connectivity index (χ1n) is 11.1. The van der Waals surface area contributed by atoms with E-state index in [0.29, 0.717) is 48.3 Å². The zero-order valence-electron chi connectivity index (χ0n) is 18.7. The Bertz CT molecular complexity index is 1280. The highest BCUT2D eigenvalue weighted by Gasteiger charge is 2.22. The van der Waals surface area contributed by atoms with Crippen molar-refractivity contribution in [1.29, 1.82) is 0 Å². The summed E-state index contributed by atoms with van der Waals surface area (Å²) in [5.74, 6) is 1.13. The summed E-state index contributed by atoms with van der Waals surface area (Å²) < 4.78 is 18.9. The van der Waals surface area contributed by atoms with Crippen LogP contribution in [0.3, 0.4) is 0 Å². The number of rotatable bonds is 9. The largest absolute Gasteiger partial charge is 0.474 e. The van der Waals surface area contributed by atoms with E-state index in [2.05, 4.69) is 32.2 Å². The summed E-state index contributed by atoms with van der Waals surface area (Å²) in [5.41, 5.74) is 2.97. The monoisotopic (exact) mass is 450 g/mol. The maximum absolute atomic E-state index is 11.4. The Hall–Kier alpha value is -3.66. The van der Waals surface area contributed by atoms with Crippen molar-refractivity contribution in [1.82, 2.24) is 24.9 Å². The van der Waals surface area contributed by atoms with Crippen LogP contribution in [0.1, 0.15) is 19.8 Å². The SMILES string of the molecule is CCN(CCOC)c1ccnc2oc(-c3cnc4ccc(OC[C@@H]5CCC(=O)N5)nn34)cc12. The molecular formula is C23H26N6O4. The lowest BCUT2D eigenvalue weighted by atomic mass is 10.2. The molecular weight excluding hydrogens is 424 g/mol. The fraction of sp³-hybridized carbons (Fsp3) is 0.391.